The van der Waals surface area contributed by atoms with Crippen LogP contribution in [0.25, 0.3) is 44.3 Å². The topological polar surface area (TPSA) is 97.2 Å². The first-order chi connectivity index (χ1) is 28.4. The second-order valence-electron chi connectivity index (χ2n) is 16.3. The second-order valence-corrected chi connectivity index (χ2v) is 17.2. The lowest BCUT2D eigenvalue weighted by Crippen LogP contribution is -2.47. The van der Waals surface area contributed by atoms with Crippen molar-refractivity contribution >= 4 is 56.6 Å². The summed E-state index contributed by atoms with van der Waals surface area (Å²) in [7, 11) is 3.67. The minimum absolute atomic E-state index is 0.146. The molecule has 1 fully saturated rings. The lowest BCUT2D eigenvalue weighted by atomic mass is 9.98. The predicted molar refractivity (Wildman–Crippen MR) is 235 cm³/mol. The summed E-state index contributed by atoms with van der Waals surface area (Å²) in [4.78, 5) is 22.0. The first-order valence-corrected chi connectivity index (χ1v) is 21.3. The summed E-state index contributed by atoms with van der Waals surface area (Å²) in [5.74, 6) is 1.98. The van der Waals surface area contributed by atoms with E-state index in [1.54, 1.807) is 12.0 Å². The summed E-state index contributed by atoms with van der Waals surface area (Å²) in [5.41, 5.74) is 10.6. The van der Waals surface area contributed by atoms with Gasteiger partial charge in [-0.1, -0.05) is 41.4 Å². The Balaban J connectivity index is 1.16. The van der Waals surface area contributed by atoms with Gasteiger partial charge in [0.1, 0.15) is 23.3 Å². The van der Waals surface area contributed by atoms with Crippen molar-refractivity contribution in [1.82, 2.24) is 33.7 Å². The number of nitrogens with zero attached hydrogens (tertiary/aromatic N) is 8. The first kappa shape index (κ1) is 39.4. The van der Waals surface area contributed by atoms with Crippen LogP contribution in [0.15, 0.2) is 61.1 Å². The Morgan fingerprint density at radius 2 is 1.75 bits per heavy atom. The van der Waals surface area contributed by atoms with Crippen LogP contribution in [0.4, 0.5) is 5.69 Å². The number of hydrogen-bond acceptors (Lipinski definition) is 6. The molecule has 5 heterocycles. The highest BCUT2D eigenvalue weighted by molar-refractivity contribution is 6.32. The summed E-state index contributed by atoms with van der Waals surface area (Å²) < 4.78 is 20.0. The number of para-hydroxylation sites is 1. The van der Waals surface area contributed by atoms with E-state index in [2.05, 4.69) is 64.4 Å². The third-order valence-electron chi connectivity index (χ3n) is 12.2. The van der Waals surface area contributed by atoms with Crippen molar-refractivity contribution < 1.29 is 14.3 Å². The Morgan fingerprint density at radius 1 is 0.966 bits per heavy atom. The zero-order valence-electron chi connectivity index (χ0n) is 34.7. The fourth-order valence-electron chi connectivity index (χ4n) is 8.99. The number of alkyl halides is 1. The maximum Gasteiger partial charge on any atom is 0.276 e. The van der Waals surface area contributed by atoms with Gasteiger partial charge < -0.3 is 18.6 Å². The van der Waals surface area contributed by atoms with E-state index in [0.29, 0.717) is 50.0 Å². The van der Waals surface area contributed by atoms with Crippen molar-refractivity contribution in [2.45, 2.75) is 84.9 Å². The molecule has 1 amide bonds. The molecule has 0 N–H and O–H groups in total. The molecule has 1 unspecified atom stereocenters. The molecule has 59 heavy (non-hydrogen) atoms. The molecular formula is C46H50Cl2N8O3. The van der Waals surface area contributed by atoms with E-state index in [-0.39, 0.29) is 11.9 Å². The Bertz CT molecular complexity index is 2730. The molecule has 1 aliphatic heterocycles. The standard InChI is InChI=1S/C46H50Cl2N8O3/c1-26-20-33(21-27(2)41(26)47)59-18-9-12-35-34-10-8-11-36(40-28(3)50-52(6)29(40)4)42(34)55-30(5)44(48)56(46(57)43(35)55)39-24-53(17-19-58-7)38-16-15-32(22-37(38)39)45-49-25-54(51-45)23-31-13-14-31/h8,10-11,15-16,20-22,24-25,30-31,44H,9,12-14,17-19,23H2,1-7H3/t30?,44-/m0/s1. The van der Waals surface area contributed by atoms with Crippen LogP contribution in [0.3, 0.4) is 0 Å². The van der Waals surface area contributed by atoms with Crippen LogP contribution in [-0.4, -0.2) is 65.4 Å². The Labute approximate surface area is 354 Å². The van der Waals surface area contributed by atoms with Gasteiger partial charge in [0.25, 0.3) is 5.91 Å². The van der Waals surface area contributed by atoms with Gasteiger partial charge in [-0.3, -0.25) is 19.1 Å². The summed E-state index contributed by atoms with van der Waals surface area (Å²) in [6.07, 6.45) is 7.65. The number of aryl methyl sites for hydroxylation is 5. The molecule has 1 aliphatic carbocycles. The molecule has 2 aliphatic rings. The van der Waals surface area contributed by atoms with Crippen LogP contribution in [-0.2, 0) is 31.3 Å². The van der Waals surface area contributed by atoms with Crippen molar-refractivity contribution in [2.24, 2.45) is 13.0 Å². The SMILES string of the molecule is COCCn1cc(N2C(=O)c3c(CCCOc4cc(C)c(Cl)c(C)c4)c4cccc(-c5c(C)nn(C)c5C)c4n3C(C)[C@H]2Cl)c2cc(-c3ncn(CC4CC4)n3)ccc21. The van der Waals surface area contributed by atoms with Crippen molar-refractivity contribution in [3.05, 3.63) is 99.8 Å². The zero-order chi connectivity index (χ0) is 41.3. The average molecular weight is 834 g/mol. The number of carbonyl (C=O) groups is 1. The molecule has 7 aromatic rings. The molecule has 306 valence electrons. The van der Waals surface area contributed by atoms with Gasteiger partial charge in [-0.05, 0) is 113 Å². The van der Waals surface area contributed by atoms with Gasteiger partial charge in [0.2, 0.25) is 0 Å². The minimum Gasteiger partial charge on any atom is -0.494 e. The van der Waals surface area contributed by atoms with Gasteiger partial charge in [0.15, 0.2) is 5.82 Å². The molecular weight excluding hydrogens is 783 g/mol. The van der Waals surface area contributed by atoms with Gasteiger partial charge >= 0.3 is 0 Å². The quantitative estimate of drug-likeness (QED) is 0.0652. The highest BCUT2D eigenvalue weighted by Gasteiger charge is 2.42. The van der Waals surface area contributed by atoms with E-state index < -0.39 is 5.50 Å². The number of aromatic nitrogens is 7. The largest absolute Gasteiger partial charge is 0.494 e. The van der Waals surface area contributed by atoms with E-state index in [4.69, 9.17) is 42.9 Å². The lowest BCUT2D eigenvalue weighted by Gasteiger charge is -2.38. The molecule has 0 spiro atoms. The third-order valence-corrected chi connectivity index (χ3v) is 13.4. The smallest absolute Gasteiger partial charge is 0.276 e. The van der Waals surface area contributed by atoms with E-state index in [1.165, 1.54) is 12.8 Å². The Hall–Kier alpha value is -5.10. The maximum absolute atomic E-state index is 15.5. The fourth-order valence-corrected chi connectivity index (χ4v) is 9.40. The Morgan fingerprint density at radius 3 is 2.46 bits per heavy atom. The number of fused-ring (bicyclic) bond motifs is 4. The van der Waals surface area contributed by atoms with Gasteiger partial charge in [-0.25, -0.2) is 4.98 Å². The maximum atomic E-state index is 15.5. The molecule has 3 aromatic carbocycles. The molecule has 0 bridgehead atoms. The summed E-state index contributed by atoms with van der Waals surface area (Å²) in [6, 6.07) is 16.3. The number of ether oxygens (including phenoxy) is 2. The number of benzene rings is 3. The summed E-state index contributed by atoms with van der Waals surface area (Å²) in [5, 5.41) is 12.3. The van der Waals surface area contributed by atoms with Gasteiger partial charge in [-0.2, -0.15) is 10.2 Å². The summed E-state index contributed by atoms with van der Waals surface area (Å²) >= 11 is 14.1. The first-order valence-electron chi connectivity index (χ1n) is 20.5. The van der Waals surface area contributed by atoms with Gasteiger partial charge in [0.05, 0.1) is 41.7 Å². The van der Waals surface area contributed by atoms with Gasteiger partial charge in [0, 0.05) is 71.6 Å². The number of carbonyl (C=O) groups excluding carboxylic acids is 1. The third kappa shape index (κ3) is 6.90. The van der Waals surface area contributed by atoms with Crippen LogP contribution in [0, 0.1) is 33.6 Å². The normalized spacial score (nSPS) is 16.8. The lowest BCUT2D eigenvalue weighted by molar-refractivity contribution is 0.0951. The van der Waals surface area contributed by atoms with Crippen molar-refractivity contribution in [3.63, 3.8) is 0 Å². The number of hydrogen-bond donors (Lipinski definition) is 0. The minimum atomic E-state index is -0.705. The van der Waals surface area contributed by atoms with E-state index in [0.717, 1.165) is 89.6 Å². The van der Waals surface area contributed by atoms with E-state index in [1.807, 2.05) is 61.8 Å². The molecule has 0 saturated heterocycles. The monoisotopic (exact) mass is 832 g/mol. The highest BCUT2D eigenvalue weighted by Crippen LogP contribution is 2.46. The molecule has 0 radical (unpaired) electrons. The number of rotatable bonds is 13. The number of halogens is 2. The molecule has 11 nitrogen and oxygen atoms in total. The van der Waals surface area contributed by atoms with Crippen LogP contribution >= 0.6 is 23.2 Å². The zero-order valence-corrected chi connectivity index (χ0v) is 36.2. The van der Waals surface area contributed by atoms with Crippen molar-refractivity contribution in [2.75, 3.05) is 25.2 Å². The van der Waals surface area contributed by atoms with Crippen molar-refractivity contribution in [1.29, 1.82) is 0 Å². The van der Waals surface area contributed by atoms with Gasteiger partial charge in [-0.15, -0.1) is 0 Å². The van der Waals surface area contributed by atoms with Crippen LogP contribution in [0.5, 0.6) is 5.75 Å². The fraction of sp³-hybridized carbons (Fsp3) is 0.391. The molecule has 4 aromatic heterocycles. The van der Waals surface area contributed by atoms with Crippen molar-refractivity contribution in [3.8, 4) is 28.3 Å². The molecule has 9 rings (SSSR count). The highest BCUT2D eigenvalue weighted by atomic mass is 35.5. The number of methoxy groups -OCH3 is 1. The number of amides is 1. The van der Waals surface area contributed by atoms with E-state index in [9.17, 15) is 0 Å². The number of anilines is 1. The summed E-state index contributed by atoms with van der Waals surface area (Å²) in [6.45, 7) is 12.7. The second kappa shape index (κ2) is 15.5. The van der Waals surface area contributed by atoms with Crippen LogP contribution in [0.1, 0.15) is 70.8 Å². The Kier molecular flexibility index (Phi) is 10.3. The van der Waals surface area contributed by atoms with Crippen LogP contribution < -0.4 is 9.64 Å². The van der Waals surface area contributed by atoms with E-state index >= 15 is 4.79 Å². The molecule has 13 heteroatoms. The molecule has 2 atom stereocenters. The molecule has 1 saturated carbocycles. The predicted octanol–water partition coefficient (Wildman–Crippen LogP) is 10.00. The van der Waals surface area contributed by atoms with Crippen LogP contribution in [0.2, 0.25) is 5.02 Å². The average Bonchev–Trinajstić information content (AvgIpc) is 3.51.